The Morgan fingerprint density at radius 1 is 1.29 bits per heavy atom. The Morgan fingerprint density at radius 2 is 2.00 bits per heavy atom. The largest absolute Gasteiger partial charge is 0.370 e. The van der Waals surface area contributed by atoms with Gasteiger partial charge in [0, 0.05) is 17.9 Å². The van der Waals surface area contributed by atoms with Crippen LogP contribution in [-0.4, -0.2) is 58.5 Å². The van der Waals surface area contributed by atoms with E-state index in [1.807, 2.05) is 55.1 Å². The molecule has 28 heavy (non-hydrogen) atoms. The molecule has 1 aliphatic heterocycles. The Hall–Kier alpha value is -2.12. The normalized spacial score (nSPS) is 18.0. The molecular weight excluding hydrogens is 372 g/mol. The van der Waals surface area contributed by atoms with Crippen LogP contribution in [0.5, 0.6) is 0 Å². The lowest BCUT2D eigenvalue weighted by Gasteiger charge is -2.35. The highest BCUT2D eigenvalue weighted by Crippen LogP contribution is 2.23. The molecule has 0 bridgehead atoms. The van der Waals surface area contributed by atoms with E-state index in [-0.39, 0.29) is 18.1 Å². The second-order valence-electron chi connectivity index (χ2n) is 7.01. The zero-order valence-corrected chi connectivity index (χ0v) is 17.5. The Morgan fingerprint density at radius 3 is 2.68 bits per heavy atom. The number of morpholine rings is 1. The molecule has 1 N–H and O–H groups in total. The zero-order chi connectivity index (χ0) is 19.9. The number of aromatic nitrogens is 2. The smallest absolute Gasteiger partial charge is 0.245 e. The Kier molecular flexibility index (Phi) is 7.28. The molecule has 0 radical (unpaired) electrons. The van der Waals surface area contributed by atoms with Crippen LogP contribution in [0.3, 0.4) is 0 Å². The van der Waals surface area contributed by atoms with Gasteiger partial charge >= 0.3 is 0 Å². The van der Waals surface area contributed by atoms with Crippen molar-refractivity contribution in [3.63, 3.8) is 0 Å². The molecule has 0 unspecified atom stereocenters. The van der Waals surface area contributed by atoms with Gasteiger partial charge in [0.2, 0.25) is 11.9 Å². The Balaban J connectivity index is 1.72. The minimum atomic E-state index is -0.344. The molecule has 0 saturated carbocycles. The van der Waals surface area contributed by atoms with Gasteiger partial charge in [-0.2, -0.15) is 11.8 Å². The van der Waals surface area contributed by atoms with Gasteiger partial charge in [-0.05, 0) is 43.9 Å². The molecular formula is C21H28N4O2S. The van der Waals surface area contributed by atoms with Gasteiger partial charge in [-0.25, -0.2) is 9.97 Å². The van der Waals surface area contributed by atoms with Crippen molar-refractivity contribution in [2.24, 2.45) is 0 Å². The molecule has 2 atom stereocenters. The Labute approximate surface area is 171 Å². The summed E-state index contributed by atoms with van der Waals surface area (Å²) in [5, 5.41) is 3.28. The summed E-state index contributed by atoms with van der Waals surface area (Å²) in [7, 11) is 0. The SMILES string of the molecule is CSCC[C@H](Nc1nc(C)cc(C)n1)C(=O)N1CCO[C@@H](c2ccccc2)C1. The van der Waals surface area contributed by atoms with Crippen LogP contribution in [0.2, 0.25) is 0 Å². The number of aryl methyl sites for hydroxylation is 2. The van der Waals surface area contributed by atoms with Crippen LogP contribution in [0.15, 0.2) is 36.4 Å². The summed E-state index contributed by atoms with van der Waals surface area (Å²) in [5.41, 5.74) is 2.88. The van der Waals surface area contributed by atoms with Crippen LogP contribution >= 0.6 is 11.8 Å². The number of ether oxygens (including phenoxy) is 1. The lowest BCUT2D eigenvalue weighted by molar-refractivity contribution is -0.139. The van der Waals surface area contributed by atoms with Crippen LogP contribution in [0.4, 0.5) is 5.95 Å². The molecule has 1 fully saturated rings. The summed E-state index contributed by atoms with van der Waals surface area (Å²) in [5.74, 6) is 1.49. The number of amides is 1. The predicted molar refractivity (Wildman–Crippen MR) is 114 cm³/mol. The molecule has 1 saturated heterocycles. The topological polar surface area (TPSA) is 67.4 Å². The summed E-state index contributed by atoms with van der Waals surface area (Å²) in [6.45, 7) is 5.58. The average Bonchev–Trinajstić information content (AvgIpc) is 2.70. The minimum Gasteiger partial charge on any atom is -0.370 e. The average molecular weight is 401 g/mol. The fraction of sp³-hybridized carbons (Fsp3) is 0.476. The van der Waals surface area contributed by atoms with E-state index < -0.39 is 0 Å². The van der Waals surface area contributed by atoms with Crippen LogP contribution in [0, 0.1) is 13.8 Å². The molecule has 7 heteroatoms. The minimum absolute atomic E-state index is 0.0843. The van der Waals surface area contributed by atoms with Crippen molar-refractivity contribution >= 4 is 23.6 Å². The van der Waals surface area contributed by atoms with E-state index in [0.717, 1.165) is 29.1 Å². The lowest BCUT2D eigenvalue weighted by Crippen LogP contribution is -2.49. The molecule has 1 amide bonds. The summed E-state index contributed by atoms with van der Waals surface area (Å²) >= 11 is 1.73. The third-order valence-electron chi connectivity index (χ3n) is 4.74. The van der Waals surface area contributed by atoms with Crippen molar-refractivity contribution < 1.29 is 9.53 Å². The van der Waals surface area contributed by atoms with E-state index in [0.29, 0.717) is 25.6 Å². The highest BCUT2D eigenvalue weighted by molar-refractivity contribution is 7.98. The van der Waals surface area contributed by atoms with Crippen LogP contribution < -0.4 is 5.32 Å². The highest BCUT2D eigenvalue weighted by Gasteiger charge is 2.30. The van der Waals surface area contributed by atoms with Crippen molar-refractivity contribution in [1.29, 1.82) is 0 Å². The highest BCUT2D eigenvalue weighted by atomic mass is 32.2. The fourth-order valence-corrected chi connectivity index (χ4v) is 3.85. The Bertz CT molecular complexity index is 767. The van der Waals surface area contributed by atoms with Crippen LogP contribution in [-0.2, 0) is 9.53 Å². The van der Waals surface area contributed by atoms with Crippen LogP contribution in [0.1, 0.15) is 29.5 Å². The van der Waals surface area contributed by atoms with Gasteiger partial charge in [0.15, 0.2) is 0 Å². The maximum Gasteiger partial charge on any atom is 0.245 e. The second kappa shape index (κ2) is 9.89. The number of carbonyl (C=O) groups excluding carboxylic acids is 1. The number of benzene rings is 1. The van der Waals surface area contributed by atoms with Crippen molar-refractivity contribution in [2.75, 3.05) is 37.0 Å². The molecule has 150 valence electrons. The van der Waals surface area contributed by atoms with Crippen molar-refractivity contribution in [3.8, 4) is 0 Å². The van der Waals surface area contributed by atoms with E-state index in [1.165, 1.54) is 0 Å². The van der Waals surface area contributed by atoms with E-state index in [9.17, 15) is 4.79 Å². The third-order valence-corrected chi connectivity index (χ3v) is 5.39. The summed E-state index contributed by atoms with van der Waals surface area (Å²) in [6, 6.07) is 11.7. The second-order valence-corrected chi connectivity index (χ2v) is 7.99. The monoisotopic (exact) mass is 400 g/mol. The first-order valence-corrected chi connectivity index (χ1v) is 11.0. The summed E-state index contributed by atoms with van der Waals surface area (Å²) < 4.78 is 5.91. The maximum atomic E-state index is 13.3. The molecule has 2 aromatic rings. The number of nitrogens with zero attached hydrogens (tertiary/aromatic N) is 3. The molecule has 3 rings (SSSR count). The van der Waals surface area contributed by atoms with Gasteiger partial charge < -0.3 is 15.0 Å². The number of hydrogen-bond acceptors (Lipinski definition) is 6. The number of carbonyl (C=O) groups is 1. The first-order chi connectivity index (χ1) is 13.6. The number of hydrogen-bond donors (Lipinski definition) is 1. The molecule has 1 aromatic heterocycles. The molecule has 1 aromatic carbocycles. The fourth-order valence-electron chi connectivity index (χ4n) is 3.38. The van der Waals surface area contributed by atoms with Crippen molar-refractivity contribution in [2.45, 2.75) is 32.4 Å². The van der Waals surface area contributed by atoms with E-state index in [1.54, 1.807) is 11.8 Å². The van der Waals surface area contributed by atoms with Crippen molar-refractivity contribution in [3.05, 3.63) is 53.3 Å². The van der Waals surface area contributed by atoms with Gasteiger partial charge in [0.25, 0.3) is 0 Å². The maximum absolute atomic E-state index is 13.3. The molecule has 1 aliphatic rings. The summed E-state index contributed by atoms with van der Waals surface area (Å²) in [6.07, 6.45) is 2.69. The van der Waals surface area contributed by atoms with Gasteiger partial charge in [-0.1, -0.05) is 30.3 Å². The number of nitrogens with one attached hydrogen (secondary N) is 1. The molecule has 0 aliphatic carbocycles. The predicted octanol–water partition coefficient (Wildman–Crippen LogP) is 3.23. The molecule has 0 spiro atoms. The quantitative estimate of drug-likeness (QED) is 0.770. The zero-order valence-electron chi connectivity index (χ0n) is 16.7. The van der Waals surface area contributed by atoms with E-state index in [2.05, 4.69) is 21.5 Å². The van der Waals surface area contributed by atoms with E-state index in [4.69, 9.17) is 4.74 Å². The number of anilines is 1. The van der Waals surface area contributed by atoms with Crippen LogP contribution in [0.25, 0.3) is 0 Å². The van der Waals surface area contributed by atoms with E-state index >= 15 is 0 Å². The number of thioether (sulfide) groups is 1. The third kappa shape index (κ3) is 5.45. The summed E-state index contributed by atoms with van der Waals surface area (Å²) in [4.78, 5) is 24.1. The van der Waals surface area contributed by atoms with Gasteiger partial charge in [-0.3, -0.25) is 4.79 Å². The first-order valence-electron chi connectivity index (χ1n) is 9.60. The number of rotatable bonds is 7. The lowest BCUT2D eigenvalue weighted by atomic mass is 10.1. The molecule has 2 heterocycles. The van der Waals surface area contributed by atoms with Crippen molar-refractivity contribution in [1.82, 2.24) is 14.9 Å². The van der Waals surface area contributed by atoms with Gasteiger partial charge in [0.05, 0.1) is 13.2 Å². The standard InChI is InChI=1S/C21H28N4O2S/c1-15-13-16(2)23-21(22-15)24-18(9-12-28-3)20(26)25-10-11-27-19(14-25)17-7-5-4-6-8-17/h4-8,13,18-19H,9-12,14H2,1-3H3,(H,22,23,24)/t18-,19+/m0/s1. The van der Waals surface area contributed by atoms with Gasteiger partial charge in [0.1, 0.15) is 12.1 Å². The first kappa shape index (κ1) is 20.6. The van der Waals surface area contributed by atoms with Gasteiger partial charge in [-0.15, -0.1) is 0 Å². The molecule has 6 nitrogen and oxygen atoms in total.